The molecule has 2 rings (SSSR count). The van der Waals surface area contributed by atoms with Gasteiger partial charge in [-0.05, 0) is 30.7 Å². The van der Waals surface area contributed by atoms with Gasteiger partial charge in [0.25, 0.3) is 0 Å². The zero-order valence-corrected chi connectivity index (χ0v) is 8.08. The van der Waals surface area contributed by atoms with E-state index in [2.05, 4.69) is 11.4 Å². The molecular formula is C11H12N2O. The number of nitriles is 1. The van der Waals surface area contributed by atoms with Crippen molar-refractivity contribution in [1.82, 2.24) is 0 Å². The highest BCUT2D eigenvalue weighted by atomic mass is 16.5. The smallest absolute Gasteiger partial charge is 0.119 e. The van der Waals surface area contributed by atoms with Gasteiger partial charge >= 0.3 is 0 Å². The van der Waals surface area contributed by atoms with E-state index in [1.165, 1.54) is 0 Å². The Morgan fingerprint density at radius 2 is 2.50 bits per heavy atom. The van der Waals surface area contributed by atoms with Gasteiger partial charge in [-0.1, -0.05) is 0 Å². The van der Waals surface area contributed by atoms with Crippen LogP contribution in [-0.4, -0.2) is 13.2 Å². The molecule has 3 heteroatoms. The van der Waals surface area contributed by atoms with E-state index in [1.54, 1.807) is 0 Å². The molecule has 0 aromatic heterocycles. The van der Waals surface area contributed by atoms with Crippen LogP contribution in [0.4, 0.5) is 5.69 Å². The van der Waals surface area contributed by atoms with Crippen molar-refractivity contribution in [2.45, 2.75) is 12.8 Å². The van der Waals surface area contributed by atoms with Crippen LogP contribution in [0.1, 0.15) is 18.4 Å². The normalized spacial score (nSPS) is 18.1. The highest BCUT2D eigenvalue weighted by Crippen LogP contribution is 2.33. The van der Waals surface area contributed by atoms with Gasteiger partial charge in [0.1, 0.15) is 5.75 Å². The average Bonchev–Trinajstić information content (AvgIpc) is 2.60. The van der Waals surface area contributed by atoms with E-state index in [4.69, 9.17) is 10.00 Å². The molecule has 0 saturated carbocycles. The predicted octanol–water partition coefficient (Wildman–Crippen LogP) is 2.12. The number of hydrogen-bond donors (Lipinski definition) is 1. The van der Waals surface area contributed by atoms with Gasteiger partial charge in [0.05, 0.1) is 18.6 Å². The van der Waals surface area contributed by atoms with Gasteiger partial charge in [-0.2, -0.15) is 5.26 Å². The summed E-state index contributed by atoms with van der Waals surface area (Å²) in [7, 11) is 0. The van der Waals surface area contributed by atoms with Gasteiger partial charge < -0.3 is 10.1 Å². The van der Waals surface area contributed by atoms with Gasteiger partial charge in [-0.15, -0.1) is 0 Å². The molecule has 1 aromatic carbocycles. The summed E-state index contributed by atoms with van der Waals surface area (Å²) in [5.74, 6) is 0.806. The van der Waals surface area contributed by atoms with Gasteiger partial charge in [-0.25, -0.2) is 0 Å². The molecule has 0 saturated heterocycles. The van der Waals surface area contributed by atoms with Crippen molar-refractivity contribution in [2.75, 3.05) is 18.5 Å². The lowest BCUT2D eigenvalue weighted by Gasteiger charge is -2.06. The van der Waals surface area contributed by atoms with Gasteiger partial charge in [0.15, 0.2) is 0 Å². The largest absolute Gasteiger partial charge is 0.494 e. The lowest BCUT2D eigenvalue weighted by molar-refractivity contribution is 0.340. The number of nitrogens with one attached hydrogen (secondary N) is 1. The third kappa shape index (κ3) is 1.39. The molecule has 0 spiro atoms. The quantitative estimate of drug-likeness (QED) is 0.773. The Morgan fingerprint density at radius 1 is 1.64 bits per heavy atom. The first-order chi connectivity index (χ1) is 6.85. The Hall–Kier alpha value is -1.69. The van der Waals surface area contributed by atoms with Crippen LogP contribution in [0.3, 0.4) is 0 Å². The van der Waals surface area contributed by atoms with Gasteiger partial charge in [0.2, 0.25) is 0 Å². The maximum Gasteiger partial charge on any atom is 0.119 e. The Kier molecular flexibility index (Phi) is 2.28. The van der Waals surface area contributed by atoms with Crippen LogP contribution in [0.15, 0.2) is 18.2 Å². The van der Waals surface area contributed by atoms with Crippen LogP contribution in [0.25, 0.3) is 0 Å². The lowest BCUT2D eigenvalue weighted by Crippen LogP contribution is -1.98. The molecule has 0 fully saturated rings. The Labute approximate surface area is 83.3 Å². The standard InChI is InChI=1S/C11H12N2O/c1-2-14-9-3-4-11-10(5-9)8(6-12)7-13-11/h3-5,8,13H,2,7H2,1H3. The van der Waals surface area contributed by atoms with E-state index in [-0.39, 0.29) is 5.92 Å². The maximum atomic E-state index is 8.90. The number of rotatable bonds is 2. The lowest BCUT2D eigenvalue weighted by atomic mass is 10.0. The Morgan fingerprint density at radius 3 is 3.21 bits per heavy atom. The van der Waals surface area contributed by atoms with E-state index in [9.17, 15) is 0 Å². The molecule has 0 radical (unpaired) electrons. The fourth-order valence-electron chi connectivity index (χ4n) is 1.68. The SMILES string of the molecule is CCOc1ccc2c(c1)C(C#N)CN2. The van der Waals surface area contributed by atoms with Crippen LogP contribution in [0, 0.1) is 11.3 Å². The summed E-state index contributed by atoms with van der Waals surface area (Å²) in [4.78, 5) is 0. The summed E-state index contributed by atoms with van der Waals surface area (Å²) in [5, 5.41) is 12.1. The number of hydrogen-bond acceptors (Lipinski definition) is 3. The Bertz CT molecular complexity index is 381. The average molecular weight is 188 g/mol. The first-order valence-corrected chi connectivity index (χ1v) is 4.75. The third-order valence-electron chi connectivity index (χ3n) is 2.36. The maximum absolute atomic E-state index is 8.90. The number of nitrogens with zero attached hydrogens (tertiary/aromatic N) is 1. The monoisotopic (exact) mass is 188 g/mol. The predicted molar refractivity (Wildman–Crippen MR) is 54.5 cm³/mol. The first-order valence-electron chi connectivity index (χ1n) is 4.75. The van der Waals surface area contributed by atoms with Gasteiger partial charge in [-0.3, -0.25) is 0 Å². The minimum absolute atomic E-state index is 0.0367. The van der Waals surface area contributed by atoms with E-state index in [1.807, 2.05) is 25.1 Å². The molecule has 1 atom stereocenters. The summed E-state index contributed by atoms with van der Waals surface area (Å²) in [5.41, 5.74) is 2.11. The molecule has 3 nitrogen and oxygen atoms in total. The van der Waals surface area contributed by atoms with Crippen molar-refractivity contribution >= 4 is 5.69 Å². The van der Waals surface area contributed by atoms with E-state index in [0.29, 0.717) is 13.2 Å². The summed E-state index contributed by atoms with van der Waals surface area (Å²) in [6.45, 7) is 3.32. The summed E-state index contributed by atoms with van der Waals surface area (Å²) >= 11 is 0. The highest BCUT2D eigenvalue weighted by molar-refractivity contribution is 5.61. The molecule has 1 unspecified atom stereocenters. The minimum atomic E-state index is -0.0367. The second-order valence-corrected chi connectivity index (χ2v) is 3.24. The number of anilines is 1. The van der Waals surface area contributed by atoms with Crippen molar-refractivity contribution in [1.29, 1.82) is 5.26 Å². The molecular weight excluding hydrogens is 176 g/mol. The van der Waals surface area contributed by atoms with Crippen LogP contribution in [-0.2, 0) is 0 Å². The molecule has 72 valence electrons. The van der Waals surface area contributed by atoms with Crippen molar-refractivity contribution in [3.63, 3.8) is 0 Å². The van der Waals surface area contributed by atoms with Crippen LogP contribution < -0.4 is 10.1 Å². The van der Waals surface area contributed by atoms with Crippen molar-refractivity contribution in [3.8, 4) is 11.8 Å². The fraction of sp³-hybridized carbons (Fsp3) is 0.364. The van der Waals surface area contributed by atoms with Crippen LogP contribution in [0.2, 0.25) is 0 Å². The number of ether oxygens (including phenoxy) is 1. The molecule has 1 aliphatic rings. The minimum Gasteiger partial charge on any atom is -0.494 e. The second-order valence-electron chi connectivity index (χ2n) is 3.24. The molecule has 14 heavy (non-hydrogen) atoms. The molecule has 1 heterocycles. The summed E-state index contributed by atoms with van der Waals surface area (Å²) in [6.07, 6.45) is 0. The Balaban J connectivity index is 2.34. The van der Waals surface area contributed by atoms with E-state index >= 15 is 0 Å². The van der Waals surface area contributed by atoms with Crippen molar-refractivity contribution < 1.29 is 4.74 Å². The second kappa shape index (κ2) is 3.59. The molecule has 0 aliphatic carbocycles. The zero-order chi connectivity index (χ0) is 9.97. The number of fused-ring (bicyclic) bond motifs is 1. The first kappa shape index (κ1) is 8.89. The van der Waals surface area contributed by atoms with E-state index < -0.39 is 0 Å². The van der Waals surface area contributed by atoms with Crippen LogP contribution in [0.5, 0.6) is 5.75 Å². The van der Waals surface area contributed by atoms with Crippen LogP contribution >= 0.6 is 0 Å². The summed E-state index contributed by atoms with van der Waals surface area (Å²) in [6, 6.07) is 8.12. The molecule has 1 N–H and O–H groups in total. The summed E-state index contributed by atoms with van der Waals surface area (Å²) < 4.78 is 5.39. The highest BCUT2D eigenvalue weighted by Gasteiger charge is 2.21. The zero-order valence-electron chi connectivity index (χ0n) is 8.08. The molecule has 1 aliphatic heterocycles. The van der Waals surface area contributed by atoms with Gasteiger partial charge in [0, 0.05) is 12.2 Å². The molecule has 0 bridgehead atoms. The topological polar surface area (TPSA) is 45.0 Å². The fourth-order valence-corrected chi connectivity index (χ4v) is 1.68. The number of benzene rings is 1. The molecule has 0 amide bonds. The van der Waals surface area contributed by atoms with Crippen molar-refractivity contribution in [2.24, 2.45) is 0 Å². The third-order valence-corrected chi connectivity index (χ3v) is 2.36. The molecule has 1 aromatic rings. The van der Waals surface area contributed by atoms with Crippen molar-refractivity contribution in [3.05, 3.63) is 23.8 Å². The van der Waals surface area contributed by atoms with E-state index in [0.717, 1.165) is 17.0 Å².